The standard InChI is InChI=1S/C17H28N4O3/c1-13(22)10-8-6-4-3-5-7-9-11-21-16(23)14-15(19-12-18-14)20(2)17(21)24/h12-13,22H,3-11H2,1-2H3,(H,18,19). The molecule has 2 heterocycles. The van der Waals surface area contributed by atoms with E-state index in [9.17, 15) is 14.7 Å². The molecule has 2 aromatic rings. The van der Waals surface area contributed by atoms with Crippen LogP contribution in [0.3, 0.4) is 0 Å². The fourth-order valence-corrected chi connectivity index (χ4v) is 2.98. The van der Waals surface area contributed by atoms with E-state index in [4.69, 9.17) is 0 Å². The van der Waals surface area contributed by atoms with Crippen molar-refractivity contribution in [2.24, 2.45) is 7.05 Å². The van der Waals surface area contributed by atoms with Crippen molar-refractivity contribution in [2.45, 2.75) is 70.9 Å². The second-order valence-corrected chi connectivity index (χ2v) is 6.51. The van der Waals surface area contributed by atoms with Gasteiger partial charge in [0, 0.05) is 13.6 Å². The van der Waals surface area contributed by atoms with Gasteiger partial charge in [-0.2, -0.15) is 0 Å². The number of H-pyrrole nitrogens is 1. The summed E-state index contributed by atoms with van der Waals surface area (Å²) in [5.41, 5.74) is 0.190. The van der Waals surface area contributed by atoms with E-state index < -0.39 is 0 Å². The van der Waals surface area contributed by atoms with Crippen molar-refractivity contribution in [1.82, 2.24) is 19.1 Å². The van der Waals surface area contributed by atoms with Crippen molar-refractivity contribution in [2.75, 3.05) is 0 Å². The maximum Gasteiger partial charge on any atom is 0.332 e. The first kappa shape index (κ1) is 18.4. The summed E-state index contributed by atoms with van der Waals surface area (Å²) in [6, 6.07) is 0. The molecule has 1 unspecified atom stereocenters. The molecule has 1 atom stereocenters. The van der Waals surface area contributed by atoms with Gasteiger partial charge in [-0.15, -0.1) is 0 Å². The number of hydrogen-bond donors (Lipinski definition) is 2. The van der Waals surface area contributed by atoms with E-state index in [1.165, 1.54) is 21.9 Å². The normalized spacial score (nSPS) is 12.8. The van der Waals surface area contributed by atoms with Gasteiger partial charge in [-0.3, -0.25) is 13.9 Å². The first-order valence-electron chi connectivity index (χ1n) is 8.83. The number of aliphatic hydroxyl groups excluding tert-OH is 1. The number of aliphatic hydroxyl groups is 1. The molecule has 0 radical (unpaired) electrons. The minimum absolute atomic E-state index is 0.196. The Morgan fingerprint density at radius 1 is 1.12 bits per heavy atom. The Hall–Kier alpha value is -1.89. The van der Waals surface area contributed by atoms with Crippen molar-refractivity contribution in [3.05, 3.63) is 27.2 Å². The highest BCUT2D eigenvalue weighted by molar-refractivity contribution is 5.68. The molecule has 7 heteroatoms. The third-order valence-corrected chi connectivity index (χ3v) is 4.42. The summed E-state index contributed by atoms with van der Waals surface area (Å²) in [6.45, 7) is 2.27. The lowest BCUT2D eigenvalue weighted by molar-refractivity contribution is 0.180. The SMILES string of the molecule is CC(O)CCCCCCCCCn1c(=O)c2[nH]cnc2n(C)c1=O. The molecular weight excluding hydrogens is 308 g/mol. The first-order chi connectivity index (χ1) is 11.5. The van der Waals surface area contributed by atoms with Crippen LogP contribution in [0, 0.1) is 0 Å². The molecule has 0 aromatic carbocycles. The summed E-state index contributed by atoms with van der Waals surface area (Å²) >= 11 is 0. The fourth-order valence-electron chi connectivity index (χ4n) is 2.98. The Bertz CT molecular complexity index is 757. The number of aromatic nitrogens is 4. The van der Waals surface area contributed by atoms with Gasteiger partial charge in [-0.05, 0) is 19.8 Å². The molecule has 7 nitrogen and oxygen atoms in total. The van der Waals surface area contributed by atoms with Gasteiger partial charge in [0.2, 0.25) is 0 Å². The van der Waals surface area contributed by atoms with Gasteiger partial charge < -0.3 is 10.1 Å². The highest BCUT2D eigenvalue weighted by atomic mass is 16.3. The number of hydrogen-bond acceptors (Lipinski definition) is 4. The minimum atomic E-state index is -0.308. The molecular formula is C17H28N4O3. The summed E-state index contributed by atoms with van der Waals surface area (Å²) in [6.07, 6.45) is 9.62. The zero-order valence-electron chi connectivity index (χ0n) is 14.6. The minimum Gasteiger partial charge on any atom is -0.393 e. The lowest BCUT2D eigenvalue weighted by Gasteiger charge is -2.08. The molecule has 0 saturated carbocycles. The molecule has 2 rings (SSSR count). The zero-order valence-corrected chi connectivity index (χ0v) is 14.6. The number of fused-ring (bicyclic) bond motifs is 1. The second-order valence-electron chi connectivity index (χ2n) is 6.51. The molecule has 0 aliphatic carbocycles. The van der Waals surface area contributed by atoms with Crippen LogP contribution in [0.2, 0.25) is 0 Å². The Balaban J connectivity index is 1.76. The van der Waals surface area contributed by atoms with E-state index in [1.807, 2.05) is 6.92 Å². The van der Waals surface area contributed by atoms with Crippen LogP contribution >= 0.6 is 0 Å². The molecule has 0 aliphatic heterocycles. The molecule has 0 spiro atoms. The van der Waals surface area contributed by atoms with Crippen LogP contribution < -0.4 is 11.2 Å². The van der Waals surface area contributed by atoms with Crippen LogP contribution in [-0.2, 0) is 13.6 Å². The highest BCUT2D eigenvalue weighted by Crippen LogP contribution is 2.10. The van der Waals surface area contributed by atoms with E-state index in [-0.39, 0.29) is 17.4 Å². The molecule has 0 fully saturated rings. The van der Waals surface area contributed by atoms with Crippen molar-refractivity contribution in [3.63, 3.8) is 0 Å². The van der Waals surface area contributed by atoms with Crippen LogP contribution in [0.5, 0.6) is 0 Å². The number of nitrogens with zero attached hydrogens (tertiary/aromatic N) is 3. The Morgan fingerprint density at radius 3 is 2.42 bits per heavy atom. The summed E-state index contributed by atoms with van der Waals surface area (Å²) in [7, 11) is 1.63. The smallest absolute Gasteiger partial charge is 0.332 e. The number of imidazole rings is 1. The van der Waals surface area contributed by atoms with E-state index in [1.54, 1.807) is 7.05 Å². The number of aromatic amines is 1. The molecule has 134 valence electrons. The molecule has 0 aliphatic rings. The van der Waals surface area contributed by atoms with Crippen LogP contribution in [0.15, 0.2) is 15.9 Å². The van der Waals surface area contributed by atoms with Crippen molar-refractivity contribution in [1.29, 1.82) is 0 Å². The van der Waals surface area contributed by atoms with Gasteiger partial charge in [-0.1, -0.05) is 38.5 Å². The third kappa shape index (κ3) is 4.56. The molecule has 2 aromatic heterocycles. The predicted molar refractivity (Wildman–Crippen MR) is 94.2 cm³/mol. The number of rotatable bonds is 10. The van der Waals surface area contributed by atoms with Gasteiger partial charge in [-0.25, -0.2) is 9.78 Å². The van der Waals surface area contributed by atoms with Gasteiger partial charge in [0.25, 0.3) is 5.56 Å². The van der Waals surface area contributed by atoms with Gasteiger partial charge in [0.15, 0.2) is 5.65 Å². The number of aryl methyl sites for hydroxylation is 1. The Morgan fingerprint density at radius 2 is 1.75 bits per heavy atom. The van der Waals surface area contributed by atoms with Crippen LogP contribution in [-0.4, -0.2) is 30.3 Å². The van der Waals surface area contributed by atoms with Gasteiger partial charge >= 0.3 is 5.69 Å². The van der Waals surface area contributed by atoms with E-state index in [2.05, 4.69) is 9.97 Å². The highest BCUT2D eigenvalue weighted by Gasteiger charge is 2.12. The number of unbranched alkanes of at least 4 members (excludes halogenated alkanes) is 6. The first-order valence-corrected chi connectivity index (χ1v) is 8.83. The zero-order chi connectivity index (χ0) is 17.5. The fraction of sp³-hybridized carbons (Fsp3) is 0.706. The average molecular weight is 336 g/mol. The molecule has 2 N–H and O–H groups in total. The topological polar surface area (TPSA) is 92.9 Å². The van der Waals surface area contributed by atoms with E-state index in [0.29, 0.717) is 17.7 Å². The number of nitrogens with one attached hydrogen (secondary N) is 1. The van der Waals surface area contributed by atoms with Crippen LogP contribution in [0.25, 0.3) is 11.2 Å². The maximum atomic E-state index is 12.3. The average Bonchev–Trinajstić information content (AvgIpc) is 3.03. The quantitative estimate of drug-likeness (QED) is 0.648. The Kier molecular flexibility index (Phi) is 6.78. The van der Waals surface area contributed by atoms with Crippen LogP contribution in [0.4, 0.5) is 0 Å². The van der Waals surface area contributed by atoms with Crippen molar-refractivity contribution >= 4 is 11.2 Å². The van der Waals surface area contributed by atoms with Crippen molar-refractivity contribution < 1.29 is 5.11 Å². The lowest BCUT2D eigenvalue weighted by atomic mass is 10.1. The van der Waals surface area contributed by atoms with Crippen molar-refractivity contribution in [3.8, 4) is 0 Å². The molecule has 0 amide bonds. The monoisotopic (exact) mass is 336 g/mol. The molecule has 0 bridgehead atoms. The van der Waals surface area contributed by atoms with E-state index in [0.717, 1.165) is 44.9 Å². The maximum absolute atomic E-state index is 12.3. The predicted octanol–water partition coefficient (Wildman–Crippen LogP) is 1.92. The van der Waals surface area contributed by atoms with Crippen LogP contribution in [0.1, 0.15) is 58.3 Å². The van der Waals surface area contributed by atoms with Gasteiger partial charge in [0.1, 0.15) is 5.52 Å². The third-order valence-electron chi connectivity index (χ3n) is 4.42. The summed E-state index contributed by atoms with van der Waals surface area (Å²) in [5.74, 6) is 0. The van der Waals surface area contributed by atoms with Gasteiger partial charge in [0.05, 0.1) is 12.4 Å². The summed E-state index contributed by atoms with van der Waals surface area (Å²) in [5, 5.41) is 9.19. The van der Waals surface area contributed by atoms with E-state index >= 15 is 0 Å². The largest absolute Gasteiger partial charge is 0.393 e. The lowest BCUT2D eigenvalue weighted by Crippen LogP contribution is -2.39. The molecule has 24 heavy (non-hydrogen) atoms. The second kappa shape index (κ2) is 8.82. The summed E-state index contributed by atoms with van der Waals surface area (Å²) in [4.78, 5) is 31.4. The Labute approximate surface area is 141 Å². The summed E-state index contributed by atoms with van der Waals surface area (Å²) < 4.78 is 2.71. The molecule has 0 saturated heterocycles.